The molecule has 6 heteroatoms. The topological polar surface area (TPSA) is 59.6 Å². The summed E-state index contributed by atoms with van der Waals surface area (Å²) in [6.07, 6.45) is 4.93. The van der Waals surface area contributed by atoms with Crippen LogP contribution >= 0.6 is 12.2 Å². The van der Waals surface area contributed by atoms with Gasteiger partial charge in [-0.25, -0.2) is 0 Å². The number of nitrogens with one attached hydrogen (secondary N) is 1. The Morgan fingerprint density at radius 2 is 2.54 bits per heavy atom. The number of aromatic amines is 1. The molecular formula is C7H8N4OS. The van der Waals surface area contributed by atoms with Gasteiger partial charge in [0.2, 0.25) is 6.39 Å². The number of rotatable bonds is 2. The average Bonchev–Trinajstić information content (AvgIpc) is 2.72. The summed E-state index contributed by atoms with van der Waals surface area (Å²) < 4.78 is 7.17. The van der Waals surface area contributed by atoms with E-state index in [-0.39, 0.29) is 6.04 Å². The van der Waals surface area contributed by atoms with Crippen LogP contribution in [0.5, 0.6) is 0 Å². The van der Waals surface area contributed by atoms with Crippen molar-refractivity contribution in [3.05, 3.63) is 29.4 Å². The van der Waals surface area contributed by atoms with Gasteiger partial charge in [0.25, 0.3) is 0 Å². The van der Waals surface area contributed by atoms with E-state index in [1.165, 1.54) is 6.39 Å². The lowest BCUT2D eigenvalue weighted by molar-refractivity contribution is 0.401. The second kappa shape index (κ2) is 3.14. The van der Waals surface area contributed by atoms with Crippen LogP contribution in [0.2, 0.25) is 0 Å². The minimum absolute atomic E-state index is 0.00231. The van der Waals surface area contributed by atoms with Crippen molar-refractivity contribution in [3.63, 3.8) is 0 Å². The summed E-state index contributed by atoms with van der Waals surface area (Å²) in [5.74, 6) is 0.621. The number of hydrogen-bond acceptors (Lipinski definition) is 4. The Morgan fingerprint density at radius 1 is 1.69 bits per heavy atom. The molecule has 0 saturated heterocycles. The van der Waals surface area contributed by atoms with E-state index in [2.05, 4.69) is 19.6 Å². The van der Waals surface area contributed by atoms with Crippen LogP contribution in [0.3, 0.4) is 0 Å². The van der Waals surface area contributed by atoms with Gasteiger partial charge in [-0.2, -0.15) is 4.98 Å². The van der Waals surface area contributed by atoms with Crippen LogP contribution in [-0.4, -0.2) is 19.7 Å². The van der Waals surface area contributed by atoms with Crippen molar-refractivity contribution >= 4 is 12.2 Å². The molecule has 1 atom stereocenters. The molecule has 0 amide bonds. The number of aromatic nitrogens is 4. The van der Waals surface area contributed by atoms with Gasteiger partial charge in [-0.1, -0.05) is 5.16 Å². The Hall–Kier alpha value is -1.43. The van der Waals surface area contributed by atoms with Gasteiger partial charge in [0, 0.05) is 12.4 Å². The molecule has 0 saturated carbocycles. The lowest BCUT2D eigenvalue weighted by Crippen LogP contribution is -2.07. The monoisotopic (exact) mass is 196 g/mol. The highest BCUT2D eigenvalue weighted by Crippen LogP contribution is 2.12. The Bertz CT molecular complexity index is 429. The molecule has 2 rings (SSSR count). The van der Waals surface area contributed by atoms with E-state index in [4.69, 9.17) is 12.2 Å². The summed E-state index contributed by atoms with van der Waals surface area (Å²) in [5.41, 5.74) is 0. The van der Waals surface area contributed by atoms with Crippen molar-refractivity contribution in [2.45, 2.75) is 13.0 Å². The fourth-order valence-electron chi connectivity index (χ4n) is 1.12. The zero-order chi connectivity index (χ0) is 9.26. The molecule has 0 spiro atoms. The fourth-order valence-corrected chi connectivity index (χ4v) is 1.41. The van der Waals surface area contributed by atoms with Crippen LogP contribution in [-0.2, 0) is 0 Å². The second-order valence-electron chi connectivity index (χ2n) is 2.64. The molecule has 0 aromatic carbocycles. The SMILES string of the molecule is CC(c1ncon1)n1cc[nH]c1=S. The van der Waals surface area contributed by atoms with Gasteiger partial charge in [0.05, 0.1) is 6.04 Å². The van der Waals surface area contributed by atoms with Crippen LogP contribution in [0.4, 0.5) is 0 Å². The van der Waals surface area contributed by atoms with E-state index >= 15 is 0 Å². The first kappa shape index (κ1) is 8.18. The molecule has 0 aliphatic carbocycles. The zero-order valence-corrected chi connectivity index (χ0v) is 7.78. The summed E-state index contributed by atoms with van der Waals surface area (Å²) in [6.45, 7) is 1.95. The maximum absolute atomic E-state index is 5.06. The van der Waals surface area contributed by atoms with E-state index in [0.29, 0.717) is 10.6 Å². The molecule has 0 aliphatic heterocycles. The van der Waals surface area contributed by atoms with Crippen molar-refractivity contribution in [2.24, 2.45) is 0 Å². The highest BCUT2D eigenvalue weighted by Gasteiger charge is 2.12. The van der Waals surface area contributed by atoms with Gasteiger partial charge >= 0.3 is 0 Å². The highest BCUT2D eigenvalue weighted by molar-refractivity contribution is 7.71. The van der Waals surface area contributed by atoms with Crippen LogP contribution in [0, 0.1) is 4.77 Å². The predicted octanol–water partition coefficient (Wildman–Crippen LogP) is 1.54. The lowest BCUT2D eigenvalue weighted by atomic mass is 10.3. The van der Waals surface area contributed by atoms with Crippen LogP contribution in [0.25, 0.3) is 0 Å². The van der Waals surface area contributed by atoms with Crippen molar-refractivity contribution in [1.82, 2.24) is 19.7 Å². The smallest absolute Gasteiger partial charge is 0.213 e. The highest BCUT2D eigenvalue weighted by atomic mass is 32.1. The average molecular weight is 196 g/mol. The van der Waals surface area contributed by atoms with Gasteiger partial charge in [-0.3, -0.25) is 0 Å². The molecule has 1 unspecified atom stereocenters. The first-order valence-corrected chi connectivity index (χ1v) is 4.21. The number of hydrogen-bond donors (Lipinski definition) is 1. The molecule has 2 heterocycles. The van der Waals surface area contributed by atoms with E-state index in [1.807, 2.05) is 17.7 Å². The van der Waals surface area contributed by atoms with Crippen molar-refractivity contribution in [1.29, 1.82) is 0 Å². The third kappa shape index (κ3) is 1.40. The number of H-pyrrole nitrogens is 1. The first-order chi connectivity index (χ1) is 6.29. The Labute approximate surface area is 79.4 Å². The van der Waals surface area contributed by atoms with E-state index in [0.717, 1.165) is 0 Å². The summed E-state index contributed by atoms with van der Waals surface area (Å²) in [4.78, 5) is 6.86. The maximum atomic E-state index is 5.06. The fraction of sp³-hybridized carbons (Fsp3) is 0.286. The summed E-state index contributed by atoms with van der Waals surface area (Å²) in [7, 11) is 0. The minimum atomic E-state index is -0.00231. The minimum Gasteiger partial charge on any atom is -0.343 e. The first-order valence-electron chi connectivity index (χ1n) is 3.81. The van der Waals surface area contributed by atoms with Crippen molar-refractivity contribution in [3.8, 4) is 0 Å². The molecule has 0 aliphatic rings. The molecule has 13 heavy (non-hydrogen) atoms. The molecule has 0 radical (unpaired) electrons. The second-order valence-corrected chi connectivity index (χ2v) is 3.02. The van der Waals surface area contributed by atoms with Gasteiger partial charge in [0.1, 0.15) is 0 Å². The third-order valence-corrected chi connectivity index (χ3v) is 2.17. The van der Waals surface area contributed by atoms with Crippen LogP contribution in [0.1, 0.15) is 18.8 Å². The summed E-state index contributed by atoms with van der Waals surface area (Å²) in [5, 5.41) is 3.75. The summed E-state index contributed by atoms with van der Waals surface area (Å²) >= 11 is 5.06. The Kier molecular flexibility index (Phi) is 1.97. The van der Waals surface area contributed by atoms with Crippen molar-refractivity contribution < 1.29 is 4.52 Å². The molecule has 68 valence electrons. The molecule has 5 nitrogen and oxygen atoms in total. The maximum Gasteiger partial charge on any atom is 0.213 e. The van der Waals surface area contributed by atoms with Gasteiger partial charge in [-0.05, 0) is 19.1 Å². The molecule has 2 aromatic rings. The number of imidazole rings is 1. The van der Waals surface area contributed by atoms with Crippen molar-refractivity contribution in [2.75, 3.05) is 0 Å². The largest absolute Gasteiger partial charge is 0.343 e. The molecular weight excluding hydrogens is 188 g/mol. The molecule has 2 aromatic heterocycles. The molecule has 0 bridgehead atoms. The molecule has 1 N–H and O–H groups in total. The quantitative estimate of drug-likeness (QED) is 0.740. The molecule has 0 fully saturated rings. The Morgan fingerprint density at radius 3 is 3.08 bits per heavy atom. The lowest BCUT2D eigenvalue weighted by Gasteiger charge is -2.07. The zero-order valence-electron chi connectivity index (χ0n) is 6.97. The van der Waals surface area contributed by atoms with Gasteiger partial charge in [-0.15, -0.1) is 0 Å². The van der Waals surface area contributed by atoms with Crippen LogP contribution in [0.15, 0.2) is 23.3 Å². The standard InChI is InChI=1S/C7H8N4OS/c1-5(6-9-4-12-10-6)11-3-2-8-7(11)13/h2-5H,1H3,(H,8,13). The normalized spacial score (nSPS) is 13.0. The van der Waals surface area contributed by atoms with Gasteiger partial charge in [0.15, 0.2) is 10.6 Å². The van der Waals surface area contributed by atoms with Gasteiger partial charge < -0.3 is 14.1 Å². The Balaban J connectivity index is 2.39. The third-order valence-electron chi connectivity index (χ3n) is 1.85. The number of nitrogens with zero attached hydrogens (tertiary/aromatic N) is 3. The predicted molar refractivity (Wildman–Crippen MR) is 47.7 cm³/mol. The van der Waals surface area contributed by atoms with E-state index in [1.54, 1.807) is 6.20 Å². The summed E-state index contributed by atoms with van der Waals surface area (Å²) in [6, 6.07) is -0.00231. The van der Waals surface area contributed by atoms with E-state index < -0.39 is 0 Å². The van der Waals surface area contributed by atoms with E-state index in [9.17, 15) is 0 Å². The van der Waals surface area contributed by atoms with Crippen LogP contribution < -0.4 is 0 Å².